The third-order valence-electron chi connectivity index (χ3n) is 3.24. The van der Waals surface area contributed by atoms with E-state index in [1.54, 1.807) is 12.4 Å². The SMILES string of the molecule is NC1(Cc2nc(-c3cccnc3)no2)CCC1. The molecule has 0 aliphatic heterocycles. The minimum atomic E-state index is -0.126. The van der Waals surface area contributed by atoms with Gasteiger partial charge in [-0.15, -0.1) is 0 Å². The van der Waals surface area contributed by atoms with Crippen molar-refractivity contribution >= 4 is 0 Å². The van der Waals surface area contributed by atoms with Crippen molar-refractivity contribution in [2.24, 2.45) is 5.73 Å². The Morgan fingerprint density at radius 1 is 1.41 bits per heavy atom. The topological polar surface area (TPSA) is 77.8 Å². The lowest BCUT2D eigenvalue weighted by atomic mass is 9.75. The first-order valence-corrected chi connectivity index (χ1v) is 5.77. The molecule has 1 aliphatic rings. The van der Waals surface area contributed by atoms with Crippen molar-refractivity contribution in [2.45, 2.75) is 31.2 Å². The molecule has 2 heterocycles. The van der Waals surface area contributed by atoms with E-state index in [2.05, 4.69) is 15.1 Å². The molecule has 0 bridgehead atoms. The van der Waals surface area contributed by atoms with Crippen LogP contribution < -0.4 is 5.73 Å². The number of hydrogen-bond donors (Lipinski definition) is 1. The molecule has 2 aromatic rings. The molecule has 0 saturated heterocycles. The van der Waals surface area contributed by atoms with Gasteiger partial charge in [0.25, 0.3) is 0 Å². The lowest BCUT2D eigenvalue weighted by molar-refractivity contribution is 0.222. The number of aromatic nitrogens is 3. The summed E-state index contributed by atoms with van der Waals surface area (Å²) in [4.78, 5) is 8.38. The molecule has 0 unspecified atom stereocenters. The fourth-order valence-electron chi connectivity index (χ4n) is 2.05. The zero-order valence-corrected chi connectivity index (χ0v) is 9.47. The van der Waals surface area contributed by atoms with Crippen molar-refractivity contribution in [2.75, 3.05) is 0 Å². The first-order valence-electron chi connectivity index (χ1n) is 5.77. The van der Waals surface area contributed by atoms with Crippen molar-refractivity contribution in [3.8, 4) is 11.4 Å². The minimum absolute atomic E-state index is 0.126. The van der Waals surface area contributed by atoms with Crippen LogP contribution in [0.25, 0.3) is 11.4 Å². The van der Waals surface area contributed by atoms with Crippen molar-refractivity contribution < 1.29 is 4.52 Å². The van der Waals surface area contributed by atoms with Crippen molar-refractivity contribution in [3.63, 3.8) is 0 Å². The molecule has 1 saturated carbocycles. The Hall–Kier alpha value is -1.75. The second-order valence-corrected chi connectivity index (χ2v) is 4.65. The van der Waals surface area contributed by atoms with E-state index in [9.17, 15) is 0 Å². The van der Waals surface area contributed by atoms with Crippen LogP contribution in [0.4, 0.5) is 0 Å². The molecule has 0 amide bonds. The summed E-state index contributed by atoms with van der Waals surface area (Å²) in [5.41, 5.74) is 6.88. The predicted octanol–water partition coefficient (Wildman–Crippen LogP) is 1.56. The van der Waals surface area contributed by atoms with Gasteiger partial charge in [0.1, 0.15) is 0 Å². The van der Waals surface area contributed by atoms with Crippen LogP contribution >= 0.6 is 0 Å². The third-order valence-corrected chi connectivity index (χ3v) is 3.24. The molecule has 3 rings (SSSR count). The highest BCUT2D eigenvalue weighted by molar-refractivity contribution is 5.51. The molecule has 17 heavy (non-hydrogen) atoms. The Kier molecular flexibility index (Phi) is 2.40. The zero-order valence-electron chi connectivity index (χ0n) is 9.47. The zero-order chi connectivity index (χ0) is 11.7. The Balaban J connectivity index is 1.79. The molecule has 2 aromatic heterocycles. The van der Waals surface area contributed by atoms with E-state index >= 15 is 0 Å². The average molecular weight is 230 g/mol. The number of nitrogens with two attached hydrogens (primary N) is 1. The monoisotopic (exact) mass is 230 g/mol. The lowest BCUT2D eigenvalue weighted by Gasteiger charge is -2.36. The van der Waals surface area contributed by atoms with Crippen LogP contribution in [0.2, 0.25) is 0 Å². The van der Waals surface area contributed by atoms with Crippen LogP contribution in [0.3, 0.4) is 0 Å². The summed E-state index contributed by atoms with van der Waals surface area (Å²) in [5, 5.41) is 3.95. The van der Waals surface area contributed by atoms with Crippen LogP contribution in [0.5, 0.6) is 0 Å². The summed E-state index contributed by atoms with van der Waals surface area (Å²) in [7, 11) is 0. The van der Waals surface area contributed by atoms with Gasteiger partial charge in [0, 0.05) is 29.9 Å². The van der Waals surface area contributed by atoms with Gasteiger partial charge in [0.15, 0.2) is 0 Å². The van der Waals surface area contributed by atoms with Gasteiger partial charge in [-0.05, 0) is 31.4 Å². The quantitative estimate of drug-likeness (QED) is 0.865. The van der Waals surface area contributed by atoms with E-state index in [1.807, 2.05) is 12.1 Å². The van der Waals surface area contributed by atoms with Gasteiger partial charge in [-0.1, -0.05) is 5.16 Å². The van der Waals surface area contributed by atoms with Gasteiger partial charge in [-0.2, -0.15) is 4.98 Å². The molecule has 0 atom stereocenters. The van der Waals surface area contributed by atoms with Crippen LogP contribution in [-0.4, -0.2) is 20.7 Å². The molecule has 5 heteroatoms. The summed E-state index contributed by atoms with van der Waals surface area (Å²) in [6, 6.07) is 3.75. The maximum absolute atomic E-state index is 6.14. The fourth-order valence-corrected chi connectivity index (χ4v) is 2.05. The highest BCUT2D eigenvalue weighted by Crippen LogP contribution is 2.32. The van der Waals surface area contributed by atoms with E-state index in [4.69, 9.17) is 10.3 Å². The largest absolute Gasteiger partial charge is 0.339 e. The van der Waals surface area contributed by atoms with E-state index in [1.165, 1.54) is 6.42 Å². The number of pyridine rings is 1. The van der Waals surface area contributed by atoms with E-state index in [-0.39, 0.29) is 5.54 Å². The first kappa shape index (κ1) is 10.4. The second kappa shape index (κ2) is 3.92. The Morgan fingerprint density at radius 3 is 2.94 bits per heavy atom. The van der Waals surface area contributed by atoms with Crippen LogP contribution in [0.15, 0.2) is 29.0 Å². The van der Waals surface area contributed by atoms with E-state index in [0.717, 1.165) is 18.4 Å². The molecule has 1 aliphatic carbocycles. The molecule has 0 radical (unpaired) electrons. The summed E-state index contributed by atoms with van der Waals surface area (Å²) in [6.07, 6.45) is 7.37. The molecule has 5 nitrogen and oxygen atoms in total. The normalized spacial score (nSPS) is 17.7. The van der Waals surface area contributed by atoms with E-state index < -0.39 is 0 Å². The molecule has 0 aromatic carbocycles. The first-order chi connectivity index (χ1) is 8.25. The van der Waals surface area contributed by atoms with Gasteiger partial charge >= 0.3 is 0 Å². The molecule has 1 fully saturated rings. The maximum Gasteiger partial charge on any atom is 0.228 e. The number of nitrogens with zero attached hydrogens (tertiary/aromatic N) is 3. The Labute approximate surface area is 99.1 Å². The van der Waals surface area contributed by atoms with Crippen molar-refractivity contribution in [1.29, 1.82) is 0 Å². The highest BCUT2D eigenvalue weighted by Gasteiger charge is 2.34. The van der Waals surface area contributed by atoms with Crippen molar-refractivity contribution in [3.05, 3.63) is 30.4 Å². The van der Waals surface area contributed by atoms with Gasteiger partial charge in [-0.3, -0.25) is 4.98 Å². The summed E-state index contributed by atoms with van der Waals surface area (Å²) < 4.78 is 5.22. The van der Waals surface area contributed by atoms with E-state index in [0.29, 0.717) is 18.1 Å². The van der Waals surface area contributed by atoms with Crippen LogP contribution in [-0.2, 0) is 6.42 Å². The lowest BCUT2D eigenvalue weighted by Crippen LogP contribution is -2.48. The third kappa shape index (κ3) is 2.06. The van der Waals surface area contributed by atoms with Crippen LogP contribution in [0, 0.1) is 0 Å². The maximum atomic E-state index is 6.14. The second-order valence-electron chi connectivity index (χ2n) is 4.65. The smallest absolute Gasteiger partial charge is 0.228 e. The minimum Gasteiger partial charge on any atom is -0.339 e. The standard InChI is InChI=1S/C12H14N4O/c13-12(4-2-5-12)7-10-15-11(16-17-10)9-3-1-6-14-8-9/h1,3,6,8H,2,4-5,7,13H2. The molecule has 2 N–H and O–H groups in total. The summed E-state index contributed by atoms with van der Waals surface area (Å²) in [5.74, 6) is 1.20. The van der Waals surface area contributed by atoms with Gasteiger partial charge in [0.05, 0.1) is 0 Å². The van der Waals surface area contributed by atoms with Gasteiger partial charge < -0.3 is 10.3 Å². The summed E-state index contributed by atoms with van der Waals surface area (Å²) >= 11 is 0. The molecule has 0 spiro atoms. The average Bonchev–Trinajstić information content (AvgIpc) is 2.77. The fraction of sp³-hybridized carbons (Fsp3) is 0.417. The van der Waals surface area contributed by atoms with Crippen LogP contribution in [0.1, 0.15) is 25.2 Å². The Bertz CT molecular complexity index is 504. The number of rotatable bonds is 3. The van der Waals surface area contributed by atoms with Crippen molar-refractivity contribution in [1.82, 2.24) is 15.1 Å². The highest BCUT2D eigenvalue weighted by atomic mass is 16.5. The molecule has 88 valence electrons. The molecular weight excluding hydrogens is 216 g/mol. The van der Waals surface area contributed by atoms with Gasteiger partial charge in [-0.25, -0.2) is 0 Å². The predicted molar refractivity (Wildman–Crippen MR) is 62.0 cm³/mol. The Morgan fingerprint density at radius 2 is 2.29 bits per heavy atom. The summed E-state index contributed by atoms with van der Waals surface area (Å²) in [6.45, 7) is 0. The van der Waals surface area contributed by atoms with Gasteiger partial charge in [0.2, 0.25) is 11.7 Å². The number of hydrogen-bond acceptors (Lipinski definition) is 5. The molecular formula is C12H14N4O.